The van der Waals surface area contributed by atoms with Gasteiger partial charge in [-0.1, -0.05) is 13.8 Å². The summed E-state index contributed by atoms with van der Waals surface area (Å²) in [5, 5.41) is 5.44. The number of hydrazone groups is 1. The van der Waals surface area contributed by atoms with E-state index in [2.05, 4.69) is 10.1 Å². The fourth-order valence-electron chi connectivity index (χ4n) is 1.90. The molecule has 100 valence electrons. The van der Waals surface area contributed by atoms with Crippen LogP contribution in [0.5, 0.6) is 0 Å². The topological polar surface area (TPSA) is 70.5 Å². The van der Waals surface area contributed by atoms with Gasteiger partial charge in [-0.05, 0) is 19.8 Å². The third-order valence-corrected chi connectivity index (χ3v) is 2.90. The predicted octanol–water partition coefficient (Wildman–Crippen LogP) is 1.34. The molecule has 0 bridgehead atoms. The number of aromatic amines is 1. The lowest BCUT2D eigenvalue weighted by Crippen LogP contribution is -2.38. The highest BCUT2D eigenvalue weighted by molar-refractivity contribution is 5.55. The summed E-state index contributed by atoms with van der Waals surface area (Å²) in [7, 11) is 1.67. The average Bonchev–Trinajstić information content (AvgIpc) is 2.33. The fraction of sp³-hybridized carbons (Fsp3) is 0.583. The summed E-state index contributed by atoms with van der Waals surface area (Å²) in [6, 6.07) is 1.34. The van der Waals surface area contributed by atoms with Crippen molar-refractivity contribution in [2.24, 2.45) is 5.10 Å². The van der Waals surface area contributed by atoms with Crippen molar-refractivity contribution in [1.29, 1.82) is 0 Å². The van der Waals surface area contributed by atoms with E-state index < -0.39 is 0 Å². The van der Waals surface area contributed by atoms with Crippen LogP contribution in [0.15, 0.2) is 20.8 Å². The van der Waals surface area contributed by atoms with Crippen molar-refractivity contribution in [3.63, 3.8) is 0 Å². The minimum absolute atomic E-state index is 0.0599. The average molecular weight is 252 g/mol. The third-order valence-electron chi connectivity index (χ3n) is 2.90. The molecule has 1 aromatic rings. The third kappa shape index (κ3) is 2.88. The summed E-state index contributed by atoms with van der Waals surface area (Å²) in [4.78, 5) is 26.6. The van der Waals surface area contributed by atoms with Gasteiger partial charge in [0.1, 0.15) is 5.82 Å². The van der Waals surface area contributed by atoms with Gasteiger partial charge in [0.25, 0.3) is 5.56 Å². The summed E-state index contributed by atoms with van der Waals surface area (Å²) in [6.45, 7) is 5.68. The molecular formula is C12H20N4O2. The zero-order chi connectivity index (χ0) is 13.7. The van der Waals surface area contributed by atoms with Gasteiger partial charge in [-0.15, -0.1) is 0 Å². The number of hydrogen-bond donors (Lipinski definition) is 1. The van der Waals surface area contributed by atoms with Gasteiger partial charge in [0.15, 0.2) is 0 Å². The zero-order valence-electron chi connectivity index (χ0n) is 11.3. The molecule has 0 atom stereocenters. The molecule has 0 saturated heterocycles. The molecule has 1 N–H and O–H groups in total. The van der Waals surface area contributed by atoms with E-state index in [9.17, 15) is 9.59 Å². The van der Waals surface area contributed by atoms with Crippen molar-refractivity contribution in [2.75, 3.05) is 12.1 Å². The molecule has 0 fully saturated rings. The Hall–Kier alpha value is -1.85. The molecule has 0 unspecified atom stereocenters. The van der Waals surface area contributed by atoms with Crippen LogP contribution in [0.25, 0.3) is 0 Å². The highest BCUT2D eigenvalue weighted by Gasteiger charge is 2.13. The molecule has 0 aliphatic heterocycles. The van der Waals surface area contributed by atoms with E-state index in [0.29, 0.717) is 5.82 Å². The van der Waals surface area contributed by atoms with Crippen LogP contribution >= 0.6 is 0 Å². The van der Waals surface area contributed by atoms with Gasteiger partial charge in [-0.3, -0.25) is 19.4 Å². The van der Waals surface area contributed by atoms with Gasteiger partial charge in [0.05, 0.1) is 0 Å². The fourth-order valence-corrected chi connectivity index (χ4v) is 1.90. The van der Waals surface area contributed by atoms with Gasteiger partial charge in [0.2, 0.25) is 0 Å². The van der Waals surface area contributed by atoms with Gasteiger partial charge in [-0.2, -0.15) is 5.10 Å². The zero-order valence-corrected chi connectivity index (χ0v) is 11.3. The van der Waals surface area contributed by atoms with E-state index in [1.54, 1.807) is 20.2 Å². The minimum atomic E-state index is -0.385. The van der Waals surface area contributed by atoms with Gasteiger partial charge in [0, 0.05) is 25.4 Å². The van der Waals surface area contributed by atoms with Crippen LogP contribution < -0.4 is 16.3 Å². The predicted molar refractivity (Wildman–Crippen MR) is 73.5 cm³/mol. The SMILES string of the molecule is C/C=N/N(C)c1cc(=O)n(C(CC)CC)c(=O)[nH]1. The summed E-state index contributed by atoms with van der Waals surface area (Å²) < 4.78 is 1.27. The lowest BCUT2D eigenvalue weighted by molar-refractivity contribution is 0.439. The number of nitrogens with zero attached hydrogens (tertiary/aromatic N) is 3. The van der Waals surface area contributed by atoms with E-state index in [4.69, 9.17) is 0 Å². The molecule has 6 heteroatoms. The Kier molecular flexibility index (Phi) is 4.88. The van der Waals surface area contributed by atoms with E-state index in [-0.39, 0.29) is 17.3 Å². The molecule has 0 spiro atoms. The Balaban J connectivity index is 3.29. The maximum atomic E-state index is 12.0. The summed E-state index contributed by atoms with van der Waals surface area (Å²) in [5.74, 6) is 0.394. The Bertz CT molecular complexity index is 494. The van der Waals surface area contributed by atoms with Crippen molar-refractivity contribution in [2.45, 2.75) is 39.7 Å². The van der Waals surface area contributed by atoms with Crippen molar-refractivity contribution in [3.8, 4) is 0 Å². The van der Waals surface area contributed by atoms with Crippen LogP contribution in [0, 0.1) is 0 Å². The molecule has 18 heavy (non-hydrogen) atoms. The van der Waals surface area contributed by atoms with Crippen LogP contribution in [0.2, 0.25) is 0 Å². The molecule has 0 aliphatic rings. The highest BCUT2D eigenvalue weighted by atomic mass is 16.2. The number of hydrogen-bond acceptors (Lipinski definition) is 4. The monoisotopic (exact) mass is 252 g/mol. The number of aromatic nitrogens is 2. The first kappa shape index (κ1) is 14.2. The van der Waals surface area contributed by atoms with E-state index in [0.717, 1.165) is 12.8 Å². The van der Waals surface area contributed by atoms with Gasteiger partial charge in [-0.25, -0.2) is 4.79 Å². The number of nitrogens with one attached hydrogen (secondary N) is 1. The van der Waals surface area contributed by atoms with Gasteiger partial charge >= 0.3 is 5.69 Å². The van der Waals surface area contributed by atoms with E-state index in [1.165, 1.54) is 15.6 Å². The molecule has 0 radical (unpaired) electrons. The number of anilines is 1. The summed E-state index contributed by atoms with van der Waals surface area (Å²) in [5.41, 5.74) is -0.676. The molecule has 6 nitrogen and oxygen atoms in total. The maximum Gasteiger partial charge on any atom is 0.330 e. The Morgan fingerprint density at radius 3 is 2.50 bits per heavy atom. The van der Waals surface area contributed by atoms with Crippen molar-refractivity contribution in [3.05, 3.63) is 26.9 Å². The smallest absolute Gasteiger partial charge is 0.292 e. The second-order valence-electron chi connectivity index (χ2n) is 4.04. The van der Waals surface area contributed by atoms with Crippen LogP contribution in [0.1, 0.15) is 39.7 Å². The van der Waals surface area contributed by atoms with Crippen molar-refractivity contribution in [1.82, 2.24) is 9.55 Å². The van der Waals surface area contributed by atoms with E-state index in [1.807, 2.05) is 13.8 Å². The summed E-state index contributed by atoms with van der Waals surface area (Å²) in [6.07, 6.45) is 3.09. The van der Waals surface area contributed by atoms with Crippen molar-refractivity contribution < 1.29 is 0 Å². The second-order valence-corrected chi connectivity index (χ2v) is 4.04. The van der Waals surface area contributed by atoms with Crippen LogP contribution in [-0.2, 0) is 0 Å². The molecule has 0 aromatic carbocycles. The first-order valence-electron chi connectivity index (χ1n) is 6.13. The molecule has 1 rings (SSSR count). The Morgan fingerprint density at radius 2 is 2.06 bits per heavy atom. The second kappa shape index (κ2) is 6.18. The maximum absolute atomic E-state index is 12.0. The molecule has 1 aromatic heterocycles. The number of rotatable bonds is 5. The van der Waals surface area contributed by atoms with E-state index >= 15 is 0 Å². The first-order chi connectivity index (χ1) is 8.54. The first-order valence-corrected chi connectivity index (χ1v) is 6.13. The Labute approximate surface area is 106 Å². The minimum Gasteiger partial charge on any atom is -0.292 e. The van der Waals surface area contributed by atoms with Crippen molar-refractivity contribution >= 4 is 12.0 Å². The molecular weight excluding hydrogens is 232 g/mol. The summed E-state index contributed by atoms with van der Waals surface area (Å²) >= 11 is 0. The quantitative estimate of drug-likeness (QED) is 0.635. The van der Waals surface area contributed by atoms with Crippen LogP contribution in [-0.4, -0.2) is 22.8 Å². The molecule has 0 amide bonds. The molecule has 0 aliphatic carbocycles. The standard InChI is InChI=1S/C12H20N4O2/c1-5-9(6-2)16-11(17)8-10(14-12(16)18)15(4)13-7-3/h7-9H,5-6H2,1-4H3,(H,14,18)/b13-7+. The van der Waals surface area contributed by atoms with Crippen LogP contribution in [0.4, 0.5) is 5.82 Å². The normalized spacial score (nSPS) is 11.4. The van der Waals surface area contributed by atoms with Gasteiger partial charge < -0.3 is 0 Å². The lowest BCUT2D eigenvalue weighted by atomic mass is 10.2. The van der Waals surface area contributed by atoms with Crippen LogP contribution in [0.3, 0.4) is 0 Å². The largest absolute Gasteiger partial charge is 0.330 e. The molecule has 0 saturated carbocycles. The highest BCUT2D eigenvalue weighted by Crippen LogP contribution is 2.11. The Morgan fingerprint density at radius 1 is 1.44 bits per heavy atom. The number of H-pyrrole nitrogens is 1. The lowest BCUT2D eigenvalue weighted by Gasteiger charge is -2.17. The molecule has 1 heterocycles.